The zero-order valence-corrected chi connectivity index (χ0v) is 13.3. The maximum Gasteiger partial charge on any atom is 0.243 e. The molecule has 1 aromatic rings. The van der Waals surface area contributed by atoms with E-state index in [1.54, 1.807) is 22.5 Å². The molecule has 0 atom stereocenters. The first kappa shape index (κ1) is 15.0. The number of hydrogen-bond acceptors (Lipinski definition) is 3. The van der Waals surface area contributed by atoms with E-state index in [1.165, 1.54) is 0 Å². The summed E-state index contributed by atoms with van der Waals surface area (Å²) in [7, 11) is -3.44. The molecule has 5 heteroatoms. The summed E-state index contributed by atoms with van der Waals surface area (Å²) >= 11 is 0. The Balaban J connectivity index is 1.87. The number of sulfonamides is 1. The van der Waals surface area contributed by atoms with Gasteiger partial charge >= 0.3 is 0 Å². The average molecular weight is 309 g/mol. The third kappa shape index (κ3) is 3.47. The van der Waals surface area contributed by atoms with Crippen molar-refractivity contribution in [1.29, 1.82) is 0 Å². The van der Waals surface area contributed by atoms with Crippen molar-refractivity contribution in [3.05, 3.63) is 29.3 Å². The van der Waals surface area contributed by atoms with Gasteiger partial charge in [-0.25, -0.2) is 8.42 Å². The van der Waals surface area contributed by atoms with Crippen LogP contribution in [0.4, 0.5) is 0 Å². The summed E-state index contributed by atoms with van der Waals surface area (Å²) in [4.78, 5) is 0.318. The average Bonchev–Trinajstić information content (AvgIpc) is 3.33. The maximum absolute atomic E-state index is 12.9. The molecule has 3 rings (SSSR count). The zero-order chi connectivity index (χ0) is 15.0. The molecule has 0 unspecified atom stereocenters. The molecule has 0 radical (unpaired) electrons. The van der Waals surface area contributed by atoms with Gasteiger partial charge in [-0.15, -0.1) is 0 Å². The fourth-order valence-corrected chi connectivity index (χ4v) is 4.22. The highest BCUT2D eigenvalue weighted by Gasteiger charge is 2.35. The predicted molar refractivity (Wildman–Crippen MR) is 81.3 cm³/mol. The number of aryl methyl sites for hydroxylation is 1. The van der Waals surface area contributed by atoms with Crippen LogP contribution in [0.2, 0.25) is 0 Å². The smallest absolute Gasteiger partial charge is 0.243 e. The van der Waals surface area contributed by atoms with Gasteiger partial charge < -0.3 is 5.11 Å². The van der Waals surface area contributed by atoms with Crippen LogP contribution >= 0.6 is 0 Å². The van der Waals surface area contributed by atoms with Gasteiger partial charge in [0.1, 0.15) is 0 Å². The lowest BCUT2D eigenvalue weighted by Gasteiger charge is -2.22. The van der Waals surface area contributed by atoms with Gasteiger partial charge in [0.15, 0.2) is 0 Å². The topological polar surface area (TPSA) is 57.6 Å². The van der Waals surface area contributed by atoms with E-state index < -0.39 is 10.0 Å². The third-order valence-electron chi connectivity index (χ3n) is 4.45. The van der Waals surface area contributed by atoms with Gasteiger partial charge in [0, 0.05) is 13.1 Å². The Labute approximate surface area is 126 Å². The number of rotatable bonds is 7. The Morgan fingerprint density at radius 3 is 2.19 bits per heavy atom. The summed E-state index contributed by atoms with van der Waals surface area (Å²) < 4.78 is 27.4. The van der Waals surface area contributed by atoms with Crippen LogP contribution in [-0.2, 0) is 16.6 Å². The molecule has 1 aromatic carbocycles. The van der Waals surface area contributed by atoms with Crippen LogP contribution < -0.4 is 0 Å². The third-order valence-corrected chi connectivity index (χ3v) is 6.27. The Morgan fingerprint density at radius 2 is 1.71 bits per heavy atom. The normalized spacial score (nSPS) is 19.2. The molecular formula is C16H23NO3S. The maximum atomic E-state index is 12.9. The van der Waals surface area contributed by atoms with Crippen LogP contribution in [0.15, 0.2) is 23.1 Å². The molecule has 2 aliphatic carbocycles. The fourth-order valence-electron chi connectivity index (χ4n) is 2.58. The largest absolute Gasteiger partial charge is 0.392 e. The number of hydrogen-bond donors (Lipinski definition) is 1. The number of nitrogens with zero attached hydrogens (tertiary/aromatic N) is 1. The van der Waals surface area contributed by atoms with Crippen LogP contribution in [0, 0.1) is 18.8 Å². The molecule has 21 heavy (non-hydrogen) atoms. The van der Waals surface area contributed by atoms with Crippen LogP contribution in [0.5, 0.6) is 0 Å². The van der Waals surface area contributed by atoms with Gasteiger partial charge in [0.2, 0.25) is 10.0 Å². The van der Waals surface area contributed by atoms with Crippen molar-refractivity contribution in [2.24, 2.45) is 11.8 Å². The molecule has 0 bridgehead atoms. The molecule has 0 aromatic heterocycles. The monoisotopic (exact) mass is 309 g/mol. The van der Waals surface area contributed by atoms with Gasteiger partial charge in [-0.1, -0.05) is 6.07 Å². The van der Waals surface area contributed by atoms with Crippen LogP contribution in [0.1, 0.15) is 36.8 Å². The van der Waals surface area contributed by atoms with E-state index in [2.05, 4.69) is 0 Å². The van der Waals surface area contributed by atoms with Crippen molar-refractivity contribution < 1.29 is 13.5 Å². The second-order valence-electron chi connectivity index (χ2n) is 6.46. The summed E-state index contributed by atoms with van der Waals surface area (Å²) in [6, 6.07) is 5.07. The first-order chi connectivity index (χ1) is 10.0. The first-order valence-corrected chi connectivity index (χ1v) is 9.15. The number of aliphatic hydroxyl groups excluding tert-OH is 1. The van der Waals surface area contributed by atoms with Gasteiger partial charge in [0.05, 0.1) is 11.5 Å². The van der Waals surface area contributed by atoms with Crippen molar-refractivity contribution in [2.75, 3.05) is 13.1 Å². The Kier molecular flexibility index (Phi) is 4.08. The van der Waals surface area contributed by atoms with Crippen molar-refractivity contribution in [1.82, 2.24) is 4.31 Å². The number of benzene rings is 1. The Morgan fingerprint density at radius 1 is 1.14 bits per heavy atom. The van der Waals surface area contributed by atoms with E-state index in [1.807, 2.05) is 6.92 Å². The lowest BCUT2D eigenvalue weighted by Crippen LogP contribution is -2.34. The van der Waals surface area contributed by atoms with Crippen molar-refractivity contribution in [2.45, 2.75) is 44.1 Å². The zero-order valence-electron chi connectivity index (χ0n) is 12.5. The molecule has 0 saturated heterocycles. The Bertz CT molecular complexity index is 604. The molecule has 0 heterocycles. The Hall–Kier alpha value is -0.910. The first-order valence-electron chi connectivity index (χ1n) is 7.71. The van der Waals surface area contributed by atoms with Crippen LogP contribution in [0.3, 0.4) is 0 Å². The van der Waals surface area contributed by atoms with Gasteiger partial charge in [-0.3, -0.25) is 0 Å². The molecule has 4 nitrogen and oxygen atoms in total. The summed E-state index contributed by atoms with van der Waals surface area (Å²) in [5.74, 6) is 1.09. The van der Waals surface area contributed by atoms with E-state index in [0.29, 0.717) is 35.4 Å². The number of aliphatic hydroxyl groups is 1. The molecule has 2 aliphatic rings. The van der Waals surface area contributed by atoms with E-state index in [9.17, 15) is 13.5 Å². The van der Waals surface area contributed by atoms with E-state index in [-0.39, 0.29) is 6.61 Å². The minimum Gasteiger partial charge on any atom is -0.392 e. The lowest BCUT2D eigenvalue weighted by molar-refractivity contribution is 0.280. The highest BCUT2D eigenvalue weighted by atomic mass is 32.2. The lowest BCUT2D eigenvalue weighted by atomic mass is 10.1. The van der Waals surface area contributed by atoms with Gasteiger partial charge in [-0.05, 0) is 67.7 Å². The van der Waals surface area contributed by atoms with Crippen LogP contribution in [-0.4, -0.2) is 30.9 Å². The molecule has 1 N–H and O–H groups in total. The SMILES string of the molecule is Cc1ccc(S(=O)(=O)N(CC2CC2)CC2CC2)cc1CO. The molecule has 2 saturated carbocycles. The molecule has 116 valence electrons. The van der Waals surface area contributed by atoms with Gasteiger partial charge in [0.25, 0.3) is 0 Å². The molecule has 0 amide bonds. The summed E-state index contributed by atoms with van der Waals surface area (Å²) in [6.45, 7) is 3.07. The molecule has 2 fully saturated rings. The van der Waals surface area contributed by atoms with Crippen molar-refractivity contribution >= 4 is 10.0 Å². The molecular weight excluding hydrogens is 286 g/mol. The summed E-state index contributed by atoms with van der Waals surface area (Å²) in [5, 5.41) is 9.35. The second-order valence-corrected chi connectivity index (χ2v) is 8.39. The second kappa shape index (κ2) is 5.71. The quantitative estimate of drug-likeness (QED) is 0.841. The molecule has 0 spiro atoms. The van der Waals surface area contributed by atoms with E-state index in [0.717, 1.165) is 31.2 Å². The standard InChI is InChI=1S/C16H23NO3S/c1-12-2-7-16(8-15(12)11-18)21(19,20)17(9-13-3-4-13)10-14-5-6-14/h2,7-8,13-14,18H,3-6,9-11H2,1H3. The highest BCUT2D eigenvalue weighted by molar-refractivity contribution is 7.89. The summed E-state index contributed by atoms with van der Waals surface area (Å²) in [6.07, 6.45) is 4.58. The minimum atomic E-state index is -3.44. The van der Waals surface area contributed by atoms with E-state index in [4.69, 9.17) is 0 Å². The van der Waals surface area contributed by atoms with Crippen LogP contribution in [0.25, 0.3) is 0 Å². The van der Waals surface area contributed by atoms with Crippen molar-refractivity contribution in [3.63, 3.8) is 0 Å². The van der Waals surface area contributed by atoms with Crippen molar-refractivity contribution in [3.8, 4) is 0 Å². The highest BCUT2D eigenvalue weighted by Crippen LogP contribution is 2.36. The fraction of sp³-hybridized carbons (Fsp3) is 0.625. The van der Waals surface area contributed by atoms with E-state index >= 15 is 0 Å². The predicted octanol–water partition coefficient (Wildman–Crippen LogP) is 2.30. The van der Waals surface area contributed by atoms with Gasteiger partial charge in [-0.2, -0.15) is 4.31 Å². The summed E-state index contributed by atoms with van der Waals surface area (Å²) in [5.41, 5.74) is 1.61. The minimum absolute atomic E-state index is 0.125. The molecule has 0 aliphatic heterocycles.